The number of hydrogen-bond donors (Lipinski definition) is 0. The smallest absolute Gasteiger partial charge is 0.251 e. The van der Waals surface area contributed by atoms with Crippen molar-refractivity contribution >= 4 is 43.1 Å². The van der Waals surface area contributed by atoms with E-state index in [0.29, 0.717) is 11.0 Å². The highest BCUT2D eigenvalue weighted by Gasteiger charge is 2.42. The van der Waals surface area contributed by atoms with Gasteiger partial charge in [-0.3, -0.25) is 9.59 Å². The van der Waals surface area contributed by atoms with Gasteiger partial charge in [0.15, 0.2) is 0 Å². The topological polar surface area (TPSA) is 37.4 Å². The lowest BCUT2D eigenvalue weighted by atomic mass is 9.72. The van der Waals surface area contributed by atoms with Crippen molar-refractivity contribution in [2.75, 3.05) is 3.11 Å². The summed E-state index contributed by atoms with van der Waals surface area (Å²) in [6, 6.07) is 0. The van der Waals surface area contributed by atoms with Crippen molar-refractivity contribution in [2.45, 2.75) is 60.4 Å². The second kappa shape index (κ2) is 6.66. The molecule has 3 nitrogen and oxygen atoms in total. The molecule has 1 rings (SSSR count). The summed E-state index contributed by atoms with van der Waals surface area (Å²) in [6.45, 7) is 14.7. The van der Waals surface area contributed by atoms with Gasteiger partial charge in [0.25, 0.3) is 5.43 Å². The minimum absolute atomic E-state index is 0.0467. The maximum absolute atomic E-state index is 11.6. The molecule has 0 aliphatic heterocycles. The van der Waals surface area contributed by atoms with Crippen molar-refractivity contribution in [3.8, 4) is 0 Å². The summed E-state index contributed by atoms with van der Waals surface area (Å²) in [5, 5.41) is 0.504. The quantitative estimate of drug-likeness (QED) is 0.339. The molecule has 110 valence electrons. The summed E-state index contributed by atoms with van der Waals surface area (Å²) in [7, 11) is 2.37. The van der Waals surface area contributed by atoms with E-state index in [2.05, 4.69) is 66.7 Å². The van der Waals surface area contributed by atoms with Crippen LogP contribution in [0.15, 0.2) is 9.59 Å². The monoisotopic (exact) mass is 397 g/mol. The number of nitrogens with zero attached hydrogens (tertiary/aromatic N) is 1. The fourth-order valence-electron chi connectivity index (χ4n) is 1.57. The Morgan fingerprint density at radius 2 is 1.53 bits per heavy atom. The second-order valence-corrected chi connectivity index (χ2v) is 7.04. The molecule has 0 fully saturated rings. The van der Waals surface area contributed by atoms with Crippen molar-refractivity contribution in [1.29, 1.82) is 0 Å². The van der Waals surface area contributed by atoms with Crippen molar-refractivity contribution in [3.05, 3.63) is 20.4 Å². The zero-order valence-corrected chi connectivity index (χ0v) is 16.2. The minimum Gasteiger partial charge on any atom is -0.304 e. The Balaban J connectivity index is 0.00000154. The van der Waals surface area contributed by atoms with Crippen LogP contribution in [0.2, 0.25) is 0 Å². The van der Waals surface area contributed by atoms with Crippen molar-refractivity contribution in [1.82, 2.24) is 0 Å². The highest BCUT2D eigenvalue weighted by atomic mass is 127. The van der Waals surface area contributed by atoms with Crippen molar-refractivity contribution < 1.29 is 0 Å². The third kappa shape index (κ3) is 3.21. The first-order chi connectivity index (χ1) is 8.58. The summed E-state index contributed by atoms with van der Waals surface area (Å²) in [5.41, 5.74) is -0.366. The Hall–Kier alpha value is 0.0400. The van der Waals surface area contributed by atoms with Crippen LogP contribution in [-0.2, 0) is 0 Å². The Morgan fingerprint density at radius 1 is 1.11 bits per heavy atom. The van der Waals surface area contributed by atoms with Gasteiger partial charge in [-0.15, -0.1) is 0 Å². The molecule has 1 unspecified atom stereocenters. The van der Waals surface area contributed by atoms with Crippen LogP contribution in [0.5, 0.6) is 0 Å². The SMILES string of the molecule is CC.CCC(C)(C)C(C)(C)N(I)c1c(P)c(=O)c1=O. The standard InChI is InChI=1S/C12H19INO2P.C2H6/c1-6-11(2,3)12(4,5)14(13)7-8(15)9(16)10(7)17;1-2/h6,17H2,1-5H3;1-2H3. The van der Waals surface area contributed by atoms with Gasteiger partial charge in [-0.05, 0) is 25.7 Å². The maximum Gasteiger partial charge on any atom is 0.251 e. The number of hydrogen-bond acceptors (Lipinski definition) is 3. The van der Waals surface area contributed by atoms with E-state index in [1.54, 1.807) is 0 Å². The molecule has 0 aliphatic rings. The molecule has 1 aromatic carbocycles. The molecule has 0 heterocycles. The van der Waals surface area contributed by atoms with Gasteiger partial charge in [0.2, 0.25) is 5.43 Å². The van der Waals surface area contributed by atoms with Crippen LogP contribution >= 0.6 is 32.1 Å². The molecule has 0 bridgehead atoms. The molecule has 0 saturated carbocycles. The minimum atomic E-state index is -0.378. The lowest BCUT2D eigenvalue weighted by Gasteiger charge is -2.47. The zero-order chi connectivity index (χ0) is 15.6. The predicted molar refractivity (Wildman–Crippen MR) is 96.7 cm³/mol. The second-order valence-electron chi connectivity index (χ2n) is 5.50. The van der Waals surface area contributed by atoms with E-state index in [4.69, 9.17) is 0 Å². The van der Waals surface area contributed by atoms with Crippen LogP contribution in [0.1, 0.15) is 54.9 Å². The third-order valence-corrected chi connectivity index (χ3v) is 6.37. The van der Waals surface area contributed by atoms with Gasteiger partial charge in [0, 0.05) is 10.8 Å². The Kier molecular flexibility index (Phi) is 6.68. The fourth-order valence-corrected chi connectivity index (χ4v) is 3.36. The predicted octanol–water partition coefficient (Wildman–Crippen LogP) is 3.18. The van der Waals surface area contributed by atoms with E-state index in [1.165, 1.54) is 0 Å². The van der Waals surface area contributed by atoms with Crippen LogP contribution < -0.4 is 19.3 Å². The molecule has 5 heteroatoms. The van der Waals surface area contributed by atoms with Crippen LogP contribution in [0, 0.1) is 5.41 Å². The van der Waals surface area contributed by atoms with E-state index in [-0.39, 0.29) is 21.8 Å². The van der Waals surface area contributed by atoms with Crippen molar-refractivity contribution in [3.63, 3.8) is 0 Å². The summed E-state index contributed by atoms with van der Waals surface area (Å²) < 4.78 is 1.92. The van der Waals surface area contributed by atoms with E-state index in [0.717, 1.165) is 6.42 Å². The van der Waals surface area contributed by atoms with Gasteiger partial charge in [-0.1, -0.05) is 43.9 Å². The maximum atomic E-state index is 11.6. The molecular formula is C14H25INO2P. The molecule has 0 aliphatic carbocycles. The molecule has 0 radical (unpaired) electrons. The van der Waals surface area contributed by atoms with E-state index in [9.17, 15) is 9.59 Å². The number of halogens is 1. The highest BCUT2D eigenvalue weighted by molar-refractivity contribution is 14.1. The molecule has 19 heavy (non-hydrogen) atoms. The van der Waals surface area contributed by atoms with Gasteiger partial charge in [0.1, 0.15) is 5.69 Å². The summed E-state index contributed by atoms with van der Waals surface area (Å²) >= 11 is 2.14. The molecule has 1 atom stereocenters. The Bertz CT molecular complexity index is 502. The fraction of sp³-hybridized carbons (Fsp3) is 0.714. The zero-order valence-electron chi connectivity index (χ0n) is 12.9. The first kappa shape index (κ1) is 19.0. The van der Waals surface area contributed by atoms with Gasteiger partial charge in [-0.25, -0.2) is 0 Å². The lowest BCUT2D eigenvalue weighted by Crippen LogP contribution is -2.57. The number of anilines is 1. The summed E-state index contributed by atoms with van der Waals surface area (Å²) in [6.07, 6.45) is 1.00. The molecule has 0 N–H and O–H groups in total. The molecule has 0 spiro atoms. The number of rotatable bonds is 4. The summed E-state index contributed by atoms with van der Waals surface area (Å²) in [5.74, 6) is 0. The first-order valence-corrected chi connectivity index (χ1v) is 8.17. The average Bonchev–Trinajstić information content (AvgIpc) is 2.40. The molecule has 0 saturated heterocycles. The first-order valence-electron chi connectivity index (χ1n) is 6.62. The molecule has 0 aromatic heterocycles. The van der Waals surface area contributed by atoms with Gasteiger partial charge in [0.05, 0.1) is 22.9 Å². The average molecular weight is 397 g/mol. The lowest BCUT2D eigenvalue weighted by molar-refractivity contribution is 0.204. The molecular weight excluding hydrogens is 372 g/mol. The molecule has 0 amide bonds. The van der Waals surface area contributed by atoms with E-state index < -0.39 is 0 Å². The van der Waals surface area contributed by atoms with Crippen LogP contribution in [-0.4, -0.2) is 5.54 Å². The normalized spacial score (nSPS) is 12.1. The Labute approximate surface area is 132 Å². The van der Waals surface area contributed by atoms with Gasteiger partial charge in [-0.2, -0.15) is 0 Å². The molecule has 1 aromatic rings. The van der Waals surface area contributed by atoms with E-state index in [1.807, 2.05) is 17.0 Å². The van der Waals surface area contributed by atoms with Crippen molar-refractivity contribution in [2.24, 2.45) is 5.41 Å². The third-order valence-electron chi connectivity index (χ3n) is 4.15. The van der Waals surface area contributed by atoms with E-state index >= 15 is 0 Å². The highest BCUT2D eigenvalue weighted by Crippen LogP contribution is 2.41. The van der Waals surface area contributed by atoms with Crippen LogP contribution in [0.25, 0.3) is 0 Å². The van der Waals surface area contributed by atoms with Crippen LogP contribution in [0.4, 0.5) is 5.69 Å². The van der Waals surface area contributed by atoms with Gasteiger partial charge >= 0.3 is 0 Å². The Morgan fingerprint density at radius 3 is 1.84 bits per heavy atom. The summed E-state index contributed by atoms with van der Waals surface area (Å²) in [4.78, 5) is 22.9. The largest absolute Gasteiger partial charge is 0.304 e. The van der Waals surface area contributed by atoms with Gasteiger partial charge < -0.3 is 3.11 Å². The van der Waals surface area contributed by atoms with Crippen LogP contribution in [0.3, 0.4) is 0 Å².